The fourth-order valence-corrected chi connectivity index (χ4v) is 5.42. The number of carboxylic acid groups (broad SMARTS) is 1. The van der Waals surface area contributed by atoms with Gasteiger partial charge in [0.15, 0.2) is 0 Å². The van der Waals surface area contributed by atoms with Crippen molar-refractivity contribution in [3.05, 3.63) is 98.5 Å². The Kier molecular flexibility index (Phi) is 4.11. The molecule has 1 heterocycles. The lowest BCUT2D eigenvalue weighted by atomic mass is 9.75. The van der Waals surface area contributed by atoms with Crippen LogP contribution in [0.25, 0.3) is 0 Å². The van der Waals surface area contributed by atoms with E-state index in [4.69, 9.17) is 23.2 Å². The summed E-state index contributed by atoms with van der Waals surface area (Å²) < 4.78 is 0. The summed E-state index contributed by atoms with van der Waals surface area (Å²) in [6, 6.07) is 19.2. The Hall–Kier alpha value is -2.49. The molecule has 0 spiro atoms. The number of nitrogens with one attached hydrogen (secondary N) is 1. The highest BCUT2D eigenvalue weighted by Crippen LogP contribution is 2.55. The molecule has 3 aromatic rings. The van der Waals surface area contributed by atoms with Gasteiger partial charge in [0.05, 0.1) is 11.6 Å². The van der Waals surface area contributed by atoms with Gasteiger partial charge in [-0.05, 0) is 59.4 Å². The lowest BCUT2D eigenvalue weighted by molar-refractivity contribution is 0.0696. The summed E-state index contributed by atoms with van der Waals surface area (Å²) >= 11 is 13.1. The third-order valence-corrected chi connectivity index (χ3v) is 6.62. The van der Waals surface area contributed by atoms with Crippen LogP contribution in [-0.2, 0) is 6.42 Å². The Morgan fingerprint density at radius 2 is 1.71 bits per heavy atom. The number of halogens is 2. The van der Waals surface area contributed by atoms with Gasteiger partial charge < -0.3 is 10.4 Å². The minimum atomic E-state index is -0.915. The van der Waals surface area contributed by atoms with Crippen LogP contribution in [-0.4, -0.2) is 11.1 Å². The third kappa shape index (κ3) is 2.61. The molecule has 1 aliphatic carbocycles. The Morgan fingerprint density at radius 1 is 0.964 bits per heavy atom. The smallest absolute Gasteiger partial charge is 0.335 e. The van der Waals surface area contributed by atoms with Crippen LogP contribution in [0.15, 0.2) is 60.7 Å². The molecule has 0 saturated carbocycles. The second-order valence-corrected chi connectivity index (χ2v) is 8.22. The SMILES string of the molecule is O=C(O)c1ccc2c(c1)C1c3ccccc3CC1C(c1c(Cl)cccc1Cl)N2. The van der Waals surface area contributed by atoms with Crippen LogP contribution in [0.3, 0.4) is 0 Å². The highest BCUT2D eigenvalue weighted by molar-refractivity contribution is 6.36. The van der Waals surface area contributed by atoms with E-state index in [2.05, 4.69) is 23.5 Å². The number of aromatic carboxylic acids is 1. The van der Waals surface area contributed by atoms with Gasteiger partial charge in [0.2, 0.25) is 0 Å². The fourth-order valence-electron chi connectivity index (χ4n) is 4.79. The predicted molar refractivity (Wildman–Crippen MR) is 112 cm³/mol. The standard InChI is InChI=1S/C23H17Cl2NO2/c24-17-6-3-7-18(25)21(17)22-16-10-12-4-1-2-5-14(12)20(16)15-11-13(23(27)28)8-9-19(15)26-22/h1-9,11,16,20,22,26H,10H2,(H,27,28). The zero-order chi connectivity index (χ0) is 19.4. The summed E-state index contributed by atoms with van der Waals surface area (Å²) in [4.78, 5) is 11.5. The average molecular weight is 410 g/mol. The van der Waals surface area contributed by atoms with Crippen LogP contribution in [0.5, 0.6) is 0 Å². The van der Waals surface area contributed by atoms with Gasteiger partial charge in [-0.1, -0.05) is 53.5 Å². The maximum atomic E-state index is 11.5. The minimum Gasteiger partial charge on any atom is -0.478 e. The maximum absolute atomic E-state index is 11.5. The largest absolute Gasteiger partial charge is 0.478 e. The Bertz CT molecular complexity index is 1090. The van der Waals surface area contributed by atoms with Crippen LogP contribution in [0.4, 0.5) is 5.69 Å². The fraction of sp³-hybridized carbons (Fsp3) is 0.174. The van der Waals surface area contributed by atoms with Gasteiger partial charge in [0.25, 0.3) is 0 Å². The molecule has 3 aromatic carbocycles. The first-order valence-electron chi connectivity index (χ1n) is 9.20. The monoisotopic (exact) mass is 409 g/mol. The van der Waals surface area contributed by atoms with E-state index < -0.39 is 5.97 Å². The molecule has 0 radical (unpaired) electrons. The molecule has 3 unspecified atom stereocenters. The molecular formula is C23H17Cl2NO2. The van der Waals surface area contributed by atoms with E-state index in [1.54, 1.807) is 12.1 Å². The highest BCUT2D eigenvalue weighted by atomic mass is 35.5. The van der Waals surface area contributed by atoms with E-state index >= 15 is 0 Å². The van der Waals surface area contributed by atoms with Gasteiger partial charge in [-0.2, -0.15) is 0 Å². The molecule has 0 fully saturated rings. The molecule has 0 amide bonds. The van der Waals surface area contributed by atoms with Crippen molar-refractivity contribution in [3.8, 4) is 0 Å². The Labute approximate surface area is 172 Å². The molecular weight excluding hydrogens is 393 g/mol. The summed E-state index contributed by atoms with van der Waals surface area (Å²) in [5.41, 5.74) is 5.71. The van der Waals surface area contributed by atoms with Crippen LogP contribution in [0, 0.1) is 5.92 Å². The minimum absolute atomic E-state index is 0.0539. The van der Waals surface area contributed by atoms with Crippen molar-refractivity contribution in [2.24, 2.45) is 5.92 Å². The lowest BCUT2D eigenvalue weighted by Crippen LogP contribution is -2.31. The summed E-state index contributed by atoms with van der Waals surface area (Å²) in [7, 11) is 0. The average Bonchev–Trinajstić information content (AvgIpc) is 3.07. The summed E-state index contributed by atoms with van der Waals surface area (Å²) in [6.07, 6.45) is 0.886. The van der Waals surface area contributed by atoms with Crippen molar-refractivity contribution in [3.63, 3.8) is 0 Å². The van der Waals surface area contributed by atoms with Crippen molar-refractivity contribution in [1.82, 2.24) is 0 Å². The molecule has 1 aliphatic heterocycles. The van der Waals surface area contributed by atoms with Crippen molar-refractivity contribution >= 4 is 34.9 Å². The molecule has 0 saturated heterocycles. The van der Waals surface area contributed by atoms with Crippen molar-refractivity contribution < 1.29 is 9.90 Å². The van der Waals surface area contributed by atoms with Gasteiger partial charge in [-0.25, -0.2) is 4.79 Å². The lowest BCUT2D eigenvalue weighted by Gasteiger charge is -2.38. The molecule has 3 atom stereocenters. The molecule has 5 heteroatoms. The van der Waals surface area contributed by atoms with Crippen LogP contribution in [0.2, 0.25) is 10.0 Å². The molecule has 2 N–H and O–H groups in total. The van der Waals surface area contributed by atoms with E-state index in [1.807, 2.05) is 30.3 Å². The maximum Gasteiger partial charge on any atom is 0.335 e. The number of hydrogen-bond acceptors (Lipinski definition) is 2. The first-order chi connectivity index (χ1) is 13.5. The van der Waals surface area contributed by atoms with Gasteiger partial charge >= 0.3 is 5.97 Å². The van der Waals surface area contributed by atoms with E-state index in [0.717, 1.165) is 23.2 Å². The van der Waals surface area contributed by atoms with Gasteiger partial charge in [-0.15, -0.1) is 0 Å². The quantitative estimate of drug-likeness (QED) is 0.532. The van der Waals surface area contributed by atoms with E-state index in [-0.39, 0.29) is 17.9 Å². The number of carbonyl (C=O) groups is 1. The molecule has 2 aliphatic rings. The summed E-state index contributed by atoms with van der Waals surface area (Å²) in [6.45, 7) is 0. The van der Waals surface area contributed by atoms with Gasteiger partial charge in [-0.3, -0.25) is 0 Å². The molecule has 140 valence electrons. The van der Waals surface area contributed by atoms with E-state index in [0.29, 0.717) is 15.6 Å². The van der Waals surface area contributed by atoms with Crippen LogP contribution in [0.1, 0.15) is 44.6 Å². The number of benzene rings is 3. The zero-order valence-electron chi connectivity index (χ0n) is 14.8. The number of carboxylic acids is 1. The molecule has 0 aromatic heterocycles. The summed E-state index contributed by atoms with van der Waals surface area (Å²) in [5, 5.41) is 14.4. The normalized spacial score (nSPS) is 22.0. The van der Waals surface area contributed by atoms with Crippen molar-refractivity contribution in [1.29, 1.82) is 0 Å². The predicted octanol–water partition coefficient (Wildman–Crippen LogP) is 6.16. The number of hydrogen-bond donors (Lipinski definition) is 2. The zero-order valence-corrected chi connectivity index (χ0v) is 16.3. The van der Waals surface area contributed by atoms with E-state index in [1.165, 1.54) is 11.1 Å². The van der Waals surface area contributed by atoms with Gasteiger partial charge in [0.1, 0.15) is 0 Å². The van der Waals surface area contributed by atoms with Crippen LogP contribution >= 0.6 is 23.2 Å². The van der Waals surface area contributed by atoms with Gasteiger partial charge in [0, 0.05) is 27.2 Å². The first kappa shape index (κ1) is 17.6. The highest BCUT2D eigenvalue weighted by Gasteiger charge is 2.44. The molecule has 5 rings (SSSR count). The number of fused-ring (bicyclic) bond motifs is 5. The Balaban J connectivity index is 1.72. The second kappa shape index (κ2) is 6.54. The third-order valence-electron chi connectivity index (χ3n) is 5.96. The number of rotatable bonds is 2. The molecule has 3 nitrogen and oxygen atoms in total. The van der Waals surface area contributed by atoms with Crippen LogP contribution < -0.4 is 5.32 Å². The molecule has 28 heavy (non-hydrogen) atoms. The van der Waals surface area contributed by atoms with E-state index in [9.17, 15) is 9.90 Å². The number of anilines is 1. The summed E-state index contributed by atoms with van der Waals surface area (Å²) in [5.74, 6) is -0.614. The second-order valence-electron chi connectivity index (χ2n) is 7.41. The Morgan fingerprint density at radius 3 is 2.46 bits per heavy atom. The molecule has 0 bridgehead atoms. The topological polar surface area (TPSA) is 49.3 Å². The van der Waals surface area contributed by atoms with Crippen molar-refractivity contribution in [2.75, 3.05) is 5.32 Å². The van der Waals surface area contributed by atoms with Crippen molar-refractivity contribution in [2.45, 2.75) is 18.4 Å². The first-order valence-corrected chi connectivity index (χ1v) is 9.95.